The Morgan fingerprint density at radius 1 is 1.43 bits per heavy atom. The van der Waals surface area contributed by atoms with Crippen molar-refractivity contribution < 1.29 is 9.47 Å². The number of nitrogens with zero attached hydrogens (tertiary/aromatic N) is 3. The van der Waals surface area contributed by atoms with Gasteiger partial charge in [-0.1, -0.05) is 0 Å². The van der Waals surface area contributed by atoms with E-state index in [-0.39, 0.29) is 0 Å². The van der Waals surface area contributed by atoms with Crippen LogP contribution in [-0.4, -0.2) is 41.7 Å². The minimum absolute atomic E-state index is 0.296. The van der Waals surface area contributed by atoms with Crippen LogP contribution in [0.25, 0.3) is 0 Å². The van der Waals surface area contributed by atoms with Gasteiger partial charge in [0.1, 0.15) is 6.33 Å². The molecule has 0 atom stereocenters. The first kappa shape index (κ1) is 10.9. The van der Waals surface area contributed by atoms with Crippen LogP contribution in [0.2, 0.25) is 0 Å². The van der Waals surface area contributed by atoms with Gasteiger partial charge < -0.3 is 15.2 Å². The highest BCUT2D eigenvalue weighted by molar-refractivity contribution is 5.08. The summed E-state index contributed by atoms with van der Waals surface area (Å²) in [6, 6.07) is 0. The molecule has 0 aliphatic carbocycles. The molecule has 0 aliphatic heterocycles. The van der Waals surface area contributed by atoms with Crippen LogP contribution in [0.5, 0.6) is 0 Å². The van der Waals surface area contributed by atoms with Crippen LogP contribution >= 0.6 is 0 Å². The number of anilines is 1. The van der Waals surface area contributed by atoms with Crippen molar-refractivity contribution in [2.24, 2.45) is 0 Å². The quantitative estimate of drug-likeness (QED) is 0.623. The third kappa shape index (κ3) is 4.20. The molecule has 0 radical (unpaired) electrons. The van der Waals surface area contributed by atoms with Gasteiger partial charge in [-0.15, -0.1) is 5.10 Å². The van der Waals surface area contributed by atoms with Gasteiger partial charge in [0.05, 0.1) is 13.2 Å². The Morgan fingerprint density at radius 2 is 2.29 bits per heavy atom. The number of hydrogen-bond acceptors (Lipinski definition) is 5. The molecule has 0 spiro atoms. The fourth-order valence-corrected chi connectivity index (χ4v) is 0.982. The number of rotatable bonds is 7. The van der Waals surface area contributed by atoms with E-state index in [1.165, 1.54) is 0 Å². The van der Waals surface area contributed by atoms with Gasteiger partial charge in [-0.2, -0.15) is 0 Å². The summed E-state index contributed by atoms with van der Waals surface area (Å²) in [7, 11) is 1.68. The van der Waals surface area contributed by atoms with Crippen LogP contribution in [0.15, 0.2) is 6.33 Å². The number of ether oxygens (including phenoxy) is 2. The normalized spacial score (nSPS) is 10.6. The average molecular weight is 200 g/mol. The van der Waals surface area contributed by atoms with Crippen molar-refractivity contribution in [1.29, 1.82) is 0 Å². The second-order valence-corrected chi connectivity index (χ2v) is 2.82. The molecule has 2 N–H and O–H groups in total. The molecule has 14 heavy (non-hydrogen) atoms. The summed E-state index contributed by atoms with van der Waals surface area (Å²) < 4.78 is 11.9. The van der Waals surface area contributed by atoms with Gasteiger partial charge in [0.2, 0.25) is 5.95 Å². The van der Waals surface area contributed by atoms with Gasteiger partial charge in [-0.05, 0) is 6.42 Å². The third-order valence-electron chi connectivity index (χ3n) is 1.66. The lowest BCUT2D eigenvalue weighted by Crippen LogP contribution is -2.08. The third-order valence-corrected chi connectivity index (χ3v) is 1.66. The highest BCUT2D eigenvalue weighted by Crippen LogP contribution is 1.90. The summed E-state index contributed by atoms with van der Waals surface area (Å²) in [5.41, 5.74) is 5.35. The minimum atomic E-state index is 0.296. The monoisotopic (exact) mass is 200 g/mol. The predicted octanol–water partition coefficient (Wildman–Crippen LogP) is -0.0866. The Balaban J connectivity index is 1.99. The fraction of sp³-hybridized carbons (Fsp3) is 0.750. The Hall–Kier alpha value is -1.14. The minimum Gasteiger partial charge on any atom is -0.385 e. The van der Waals surface area contributed by atoms with E-state index >= 15 is 0 Å². The van der Waals surface area contributed by atoms with Crippen LogP contribution in [-0.2, 0) is 16.0 Å². The summed E-state index contributed by atoms with van der Waals surface area (Å²) in [4.78, 5) is 3.80. The van der Waals surface area contributed by atoms with Gasteiger partial charge in [0.15, 0.2) is 0 Å². The predicted molar refractivity (Wildman–Crippen MR) is 51.7 cm³/mol. The summed E-state index contributed by atoms with van der Waals surface area (Å²) in [5.74, 6) is 0.296. The maximum atomic E-state index is 5.35. The molecule has 0 amide bonds. The average Bonchev–Trinajstić information content (AvgIpc) is 2.58. The molecule has 0 fully saturated rings. The molecule has 0 aromatic carbocycles. The molecule has 6 nitrogen and oxygen atoms in total. The van der Waals surface area contributed by atoms with Crippen molar-refractivity contribution in [2.45, 2.75) is 13.0 Å². The van der Waals surface area contributed by atoms with E-state index in [2.05, 4.69) is 10.1 Å². The van der Waals surface area contributed by atoms with Gasteiger partial charge in [0, 0.05) is 20.3 Å². The molecule has 6 heteroatoms. The summed E-state index contributed by atoms with van der Waals surface area (Å²) in [6.07, 6.45) is 2.50. The molecule has 0 saturated heterocycles. The van der Waals surface area contributed by atoms with Crippen molar-refractivity contribution in [3.63, 3.8) is 0 Å². The standard InChI is InChI=1S/C8H16N4O2/c1-13-4-2-5-14-6-3-12-7-10-8(9)11-12/h7H,2-6H2,1H3,(H2,9,11). The topological polar surface area (TPSA) is 75.2 Å². The Bertz CT molecular complexity index is 251. The molecule has 1 aromatic rings. The highest BCUT2D eigenvalue weighted by atomic mass is 16.5. The van der Waals surface area contributed by atoms with Crippen LogP contribution in [0.3, 0.4) is 0 Å². The lowest BCUT2D eigenvalue weighted by Gasteiger charge is -2.03. The number of hydrogen-bond donors (Lipinski definition) is 1. The summed E-state index contributed by atoms with van der Waals surface area (Å²) in [6.45, 7) is 2.73. The molecule has 1 rings (SSSR count). The fourth-order valence-electron chi connectivity index (χ4n) is 0.982. The first-order valence-corrected chi connectivity index (χ1v) is 4.54. The van der Waals surface area contributed by atoms with Crippen molar-refractivity contribution in [1.82, 2.24) is 14.8 Å². The second kappa shape index (κ2) is 6.33. The molecular weight excluding hydrogens is 184 g/mol. The van der Waals surface area contributed by atoms with Crippen LogP contribution < -0.4 is 5.73 Å². The van der Waals surface area contributed by atoms with E-state index in [0.29, 0.717) is 25.7 Å². The summed E-state index contributed by atoms with van der Waals surface area (Å²) >= 11 is 0. The Kier molecular flexibility index (Phi) is 4.95. The van der Waals surface area contributed by atoms with Gasteiger partial charge in [0.25, 0.3) is 0 Å². The molecule has 80 valence electrons. The maximum Gasteiger partial charge on any atom is 0.239 e. The van der Waals surface area contributed by atoms with Crippen molar-refractivity contribution in [3.8, 4) is 0 Å². The molecule has 0 saturated carbocycles. The van der Waals surface area contributed by atoms with Crippen LogP contribution in [0.4, 0.5) is 5.95 Å². The number of nitrogen functional groups attached to an aromatic ring is 1. The molecular formula is C8H16N4O2. The van der Waals surface area contributed by atoms with Crippen molar-refractivity contribution >= 4 is 5.95 Å². The second-order valence-electron chi connectivity index (χ2n) is 2.82. The SMILES string of the molecule is COCCCOCCn1cnc(N)n1. The van der Waals surface area contributed by atoms with Crippen LogP contribution in [0, 0.1) is 0 Å². The molecule has 0 aliphatic rings. The van der Waals surface area contributed by atoms with Gasteiger partial charge in [-0.25, -0.2) is 9.67 Å². The zero-order valence-corrected chi connectivity index (χ0v) is 8.35. The van der Waals surface area contributed by atoms with E-state index in [1.807, 2.05) is 0 Å². The molecule has 1 heterocycles. The first-order valence-electron chi connectivity index (χ1n) is 4.54. The smallest absolute Gasteiger partial charge is 0.239 e. The number of aromatic nitrogens is 3. The molecule has 0 bridgehead atoms. The highest BCUT2D eigenvalue weighted by Gasteiger charge is 1.95. The zero-order chi connectivity index (χ0) is 10.2. The van der Waals surface area contributed by atoms with Crippen molar-refractivity contribution in [3.05, 3.63) is 6.33 Å². The van der Waals surface area contributed by atoms with E-state index in [0.717, 1.165) is 13.0 Å². The van der Waals surface area contributed by atoms with Crippen LogP contribution in [0.1, 0.15) is 6.42 Å². The number of nitrogens with two attached hydrogens (primary N) is 1. The van der Waals surface area contributed by atoms with E-state index in [4.69, 9.17) is 15.2 Å². The van der Waals surface area contributed by atoms with E-state index in [9.17, 15) is 0 Å². The zero-order valence-electron chi connectivity index (χ0n) is 8.35. The van der Waals surface area contributed by atoms with Gasteiger partial charge in [-0.3, -0.25) is 0 Å². The Morgan fingerprint density at radius 3 is 2.93 bits per heavy atom. The number of methoxy groups -OCH3 is 1. The van der Waals surface area contributed by atoms with E-state index in [1.54, 1.807) is 18.1 Å². The van der Waals surface area contributed by atoms with Crippen molar-refractivity contribution in [2.75, 3.05) is 32.7 Å². The Labute approximate surface area is 83.0 Å². The lowest BCUT2D eigenvalue weighted by atomic mass is 10.5. The lowest BCUT2D eigenvalue weighted by molar-refractivity contribution is 0.0961. The van der Waals surface area contributed by atoms with Gasteiger partial charge >= 0.3 is 0 Å². The first-order chi connectivity index (χ1) is 6.83. The largest absolute Gasteiger partial charge is 0.385 e. The molecule has 1 aromatic heterocycles. The summed E-state index contributed by atoms with van der Waals surface area (Å²) in [5, 5.41) is 3.92. The maximum absolute atomic E-state index is 5.35. The van der Waals surface area contributed by atoms with E-state index < -0.39 is 0 Å². The molecule has 0 unspecified atom stereocenters.